The number of aromatic nitrogens is 2. The van der Waals surface area contributed by atoms with Crippen LogP contribution in [0, 0.1) is 0 Å². The van der Waals surface area contributed by atoms with Gasteiger partial charge in [0.25, 0.3) is 0 Å². The number of ether oxygens (including phenoxy) is 1. The Bertz CT molecular complexity index is 2440. The van der Waals surface area contributed by atoms with E-state index < -0.39 is 5.60 Å². The second-order valence-electron chi connectivity index (χ2n) is 11.5. The minimum Gasteiger partial charge on any atom is -0.481 e. The van der Waals surface area contributed by atoms with Gasteiger partial charge in [-0.15, -0.1) is 0 Å². The Kier molecular flexibility index (Phi) is 3.84. The van der Waals surface area contributed by atoms with E-state index in [1.165, 1.54) is 27.3 Å². The highest BCUT2D eigenvalue weighted by Crippen LogP contribution is 2.58. The third-order valence-electron chi connectivity index (χ3n) is 9.37. The SMILES string of the molecule is CC12Oc3c(ccc4c3c3ccccc3n4-c3ccc4oc5ccccc5c4c3)C1C=Cc1[nH]c3ccccc3c12. The van der Waals surface area contributed by atoms with Gasteiger partial charge in [0.15, 0.2) is 0 Å². The van der Waals surface area contributed by atoms with Crippen molar-refractivity contribution >= 4 is 60.7 Å². The Hall–Kier alpha value is -5.22. The highest BCUT2D eigenvalue weighted by Gasteiger charge is 2.50. The summed E-state index contributed by atoms with van der Waals surface area (Å²) in [6.45, 7) is 2.25. The first-order valence-corrected chi connectivity index (χ1v) is 14.2. The monoisotopic (exact) mass is 528 g/mol. The van der Waals surface area contributed by atoms with Crippen molar-refractivity contribution in [1.82, 2.24) is 9.55 Å². The molecule has 2 unspecified atom stereocenters. The first-order chi connectivity index (χ1) is 20.2. The van der Waals surface area contributed by atoms with Crippen molar-refractivity contribution in [1.29, 1.82) is 0 Å². The molecule has 4 heterocycles. The first kappa shape index (κ1) is 21.6. The van der Waals surface area contributed by atoms with Crippen molar-refractivity contribution in [2.24, 2.45) is 0 Å². The number of rotatable bonds is 1. The number of fused-ring (bicyclic) bond motifs is 14. The third-order valence-corrected chi connectivity index (χ3v) is 9.37. The fourth-order valence-electron chi connectivity index (χ4n) is 7.61. The summed E-state index contributed by atoms with van der Waals surface area (Å²) in [5.74, 6) is 1.12. The van der Waals surface area contributed by atoms with E-state index >= 15 is 0 Å². The summed E-state index contributed by atoms with van der Waals surface area (Å²) in [5.41, 5.74) is 9.49. The molecule has 0 saturated carbocycles. The lowest BCUT2D eigenvalue weighted by molar-refractivity contribution is 0.103. The lowest BCUT2D eigenvalue weighted by atomic mass is 9.76. The van der Waals surface area contributed by atoms with Crippen LogP contribution in [0.25, 0.3) is 66.4 Å². The largest absolute Gasteiger partial charge is 0.481 e. The predicted octanol–water partition coefficient (Wildman–Crippen LogP) is 9.58. The summed E-state index contributed by atoms with van der Waals surface area (Å²) in [7, 11) is 0. The van der Waals surface area contributed by atoms with E-state index in [0.717, 1.165) is 55.6 Å². The topological polar surface area (TPSA) is 43.1 Å². The Labute approximate surface area is 235 Å². The summed E-state index contributed by atoms with van der Waals surface area (Å²) < 4.78 is 15.7. The molecule has 0 saturated heterocycles. The van der Waals surface area contributed by atoms with E-state index in [-0.39, 0.29) is 5.92 Å². The normalized spacial score (nSPS) is 19.3. The van der Waals surface area contributed by atoms with E-state index in [9.17, 15) is 0 Å². The molecule has 2 aliphatic rings. The van der Waals surface area contributed by atoms with E-state index in [1.807, 2.05) is 12.1 Å². The molecule has 194 valence electrons. The van der Waals surface area contributed by atoms with Crippen molar-refractivity contribution in [3.05, 3.63) is 126 Å². The quantitative estimate of drug-likeness (QED) is 0.230. The molecule has 0 spiro atoms. The van der Waals surface area contributed by atoms with Crippen LogP contribution in [0.15, 0.2) is 114 Å². The molecule has 1 N–H and O–H groups in total. The van der Waals surface area contributed by atoms with Crippen LogP contribution >= 0.6 is 0 Å². The van der Waals surface area contributed by atoms with E-state index in [4.69, 9.17) is 9.15 Å². The summed E-state index contributed by atoms with van der Waals surface area (Å²) in [5, 5.41) is 5.85. The molecule has 0 bridgehead atoms. The summed E-state index contributed by atoms with van der Waals surface area (Å²) >= 11 is 0. The van der Waals surface area contributed by atoms with Gasteiger partial charge in [0, 0.05) is 55.5 Å². The van der Waals surface area contributed by atoms with Gasteiger partial charge in [0.05, 0.1) is 16.4 Å². The number of hydrogen-bond donors (Lipinski definition) is 1. The maximum atomic E-state index is 7.18. The van der Waals surface area contributed by atoms with Gasteiger partial charge < -0.3 is 18.7 Å². The zero-order chi connectivity index (χ0) is 26.9. The molecular weight excluding hydrogens is 504 g/mol. The first-order valence-electron chi connectivity index (χ1n) is 14.2. The number of H-pyrrole nitrogens is 1. The van der Waals surface area contributed by atoms with Gasteiger partial charge in [-0.05, 0) is 55.5 Å². The highest BCUT2D eigenvalue weighted by molar-refractivity contribution is 6.14. The number of nitrogens with zero attached hydrogens (tertiary/aromatic N) is 1. The van der Waals surface area contributed by atoms with Crippen LogP contribution in [0.4, 0.5) is 0 Å². The maximum Gasteiger partial charge on any atom is 0.144 e. The lowest BCUT2D eigenvalue weighted by Crippen LogP contribution is -2.32. The van der Waals surface area contributed by atoms with Gasteiger partial charge in [-0.3, -0.25) is 0 Å². The maximum absolute atomic E-state index is 7.18. The van der Waals surface area contributed by atoms with Crippen LogP contribution < -0.4 is 4.74 Å². The Morgan fingerprint density at radius 1 is 0.732 bits per heavy atom. The van der Waals surface area contributed by atoms with Crippen molar-refractivity contribution in [3.63, 3.8) is 0 Å². The van der Waals surface area contributed by atoms with Gasteiger partial charge in [-0.2, -0.15) is 0 Å². The molecule has 4 heteroatoms. The third kappa shape index (κ3) is 2.60. The fourth-order valence-corrected chi connectivity index (χ4v) is 7.61. The minimum atomic E-state index is -0.502. The van der Waals surface area contributed by atoms with Gasteiger partial charge >= 0.3 is 0 Å². The van der Waals surface area contributed by atoms with Crippen LogP contribution in [-0.2, 0) is 5.60 Å². The molecule has 41 heavy (non-hydrogen) atoms. The van der Waals surface area contributed by atoms with Gasteiger partial charge in [0.2, 0.25) is 0 Å². The zero-order valence-electron chi connectivity index (χ0n) is 22.3. The minimum absolute atomic E-state index is 0.129. The second-order valence-corrected chi connectivity index (χ2v) is 11.5. The van der Waals surface area contributed by atoms with E-state index in [0.29, 0.717) is 0 Å². The number of para-hydroxylation sites is 3. The molecule has 2 atom stereocenters. The van der Waals surface area contributed by atoms with E-state index in [1.54, 1.807) is 0 Å². The predicted molar refractivity (Wildman–Crippen MR) is 166 cm³/mol. The molecule has 8 aromatic rings. The molecule has 4 nitrogen and oxygen atoms in total. The fraction of sp³-hybridized carbons (Fsp3) is 0.0811. The molecular formula is C37H24N2O2. The molecule has 1 aliphatic carbocycles. The average molecular weight is 529 g/mol. The van der Waals surface area contributed by atoms with Gasteiger partial charge in [-0.1, -0.05) is 66.7 Å². The van der Waals surface area contributed by atoms with Gasteiger partial charge in [-0.25, -0.2) is 0 Å². The number of furan rings is 1. The summed E-state index contributed by atoms with van der Waals surface area (Å²) in [6.07, 6.45) is 4.55. The molecule has 1 aliphatic heterocycles. The second kappa shape index (κ2) is 7.29. The van der Waals surface area contributed by atoms with Crippen LogP contribution in [0.3, 0.4) is 0 Å². The van der Waals surface area contributed by atoms with Crippen LogP contribution in [0.2, 0.25) is 0 Å². The summed E-state index contributed by atoms with van der Waals surface area (Å²) in [6, 6.07) is 36.5. The molecule has 0 radical (unpaired) electrons. The summed E-state index contributed by atoms with van der Waals surface area (Å²) in [4.78, 5) is 3.62. The zero-order valence-corrected chi connectivity index (χ0v) is 22.3. The Morgan fingerprint density at radius 3 is 2.44 bits per heavy atom. The lowest BCUT2D eigenvalue weighted by Gasteiger charge is -2.32. The molecule has 0 amide bonds. The van der Waals surface area contributed by atoms with Crippen LogP contribution in [0.5, 0.6) is 5.75 Å². The highest BCUT2D eigenvalue weighted by atomic mass is 16.5. The Morgan fingerprint density at radius 2 is 1.51 bits per heavy atom. The Balaban J connectivity index is 1.25. The smallest absolute Gasteiger partial charge is 0.144 e. The standard InChI is InChI=1S/C37H24N2O2/c1-37-27(16-17-29-35(37)24-9-2-5-11-28(24)38-29)23-15-18-31-34(36(23)41-37)25-10-3-6-12-30(25)39(31)21-14-19-33-26(20-21)22-8-4-7-13-32(22)40-33/h2-20,27,38H,1H3. The van der Waals surface area contributed by atoms with Crippen LogP contribution in [-0.4, -0.2) is 9.55 Å². The number of benzene rings is 5. The van der Waals surface area contributed by atoms with Crippen molar-refractivity contribution in [3.8, 4) is 11.4 Å². The number of aromatic amines is 1. The van der Waals surface area contributed by atoms with Crippen LogP contribution in [0.1, 0.15) is 29.7 Å². The van der Waals surface area contributed by atoms with Crippen molar-refractivity contribution < 1.29 is 9.15 Å². The number of hydrogen-bond acceptors (Lipinski definition) is 2. The van der Waals surface area contributed by atoms with Crippen molar-refractivity contribution in [2.45, 2.75) is 18.4 Å². The molecule has 5 aromatic carbocycles. The molecule has 10 rings (SSSR count). The average Bonchev–Trinajstić information content (AvgIpc) is 3.73. The van der Waals surface area contributed by atoms with Crippen molar-refractivity contribution in [2.75, 3.05) is 0 Å². The molecule has 0 fully saturated rings. The van der Waals surface area contributed by atoms with E-state index in [2.05, 4.69) is 120 Å². The molecule has 3 aromatic heterocycles. The van der Waals surface area contributed by atoms with Gasteiger partial charge in [0.1, 0.15) is 22.5 Å². The number of nitrogens with one attached hydrogen (secondary N) is 1.